The third-order valence-corrected chi connectivity index (χ3v) is 4.14. The second kappa shape index (κ2) is 8.61. The molecule has 0 bridgehead atoms. The lowest BCUT2D eigenvalue weighted by Crippen LogP contribution is -2.42. The summed E-state index contributed by atoms with van der Waals surface area (Å²) < 4.78 is 0. The minimum Gasteiger partial charge on any atom is -0.352 e. The Morgan fingerprint density at radius 2 is 1.73 bits per heavy atom. The Bertz CT molecular complexity index is 776. The lowest BCUT2D eigenvalue weighted by Gasteiger charge is -2.31. The number of hydrogen-bond acceptors (Lipinski definition) is 3. The first-order chi connectivity index (χ1) is 12.4. The molecule has 2 rings (SSSR count). The van der Waals surface area contributed by atoms with Gasteiger partial charge in [-0.1, -0.05) is 18.2 Å². The van der Waals surface area contributed by atoms with Crippen molar-refractivity contribution in [3.05, 3.63) is 53.7 Å². The van der Waals surface area contributed by atoms with Crippen molar-refractivity contribution in [3.8, 4) is 11.3 Å². The third-order valence-electron chi connectivity index (χ3n) is 4.14. The van der Waals surface area contributed by atoms with E-state index in [1.807, 2.05) is 63.8 Å². The van der Waals surface area contributed by atoms with Crippen molar-refractivity contribution in [2.75, 3.05) is 6.54 Å². The van der Waals surface area contributed by atoms with Gasteiger partial charge in [-0.25, -0.2) is 0 Å². The zero-order chi connectivity index (χ0) is 19.3. The lowest BCUT2D eigenvalue weighted by atomic mass is 10.0. The fraction of sp³-hybridized carbons (Fsp3) is 0.381. The zero-order valence-corrected chi connectivity index (χ0v) is 16.1. The van der Waals surface area contributed by atoms with Gasteiger partial charge >= 0.3 is 0 Å². The van der Waals surface area contributed by atoms with Crippen molar-refractivity contribution in [1.82, 2.24) is 15.2 Å². The van der Waals surface area contributed by atoms with Crippen LogP contribution in [0.4, 0.5) is 0 Å². The number of nitrogens with one attached hydrogen (secondary N) is 1. The molecular formula is C21H27N3O2. The Morgan fingerprint density at radius 3 is 2.35 bits per heavy atom. The normalized spacial score (nSPS) is 10.9. The van der Waals surface area contributed by atoms with Crippen LogP contribution in [0.3, 0.4) is 0 Å². The maximum absolute atomic E-state index is 13.2. The van der Waals surface area contributed by atoms with Gasteiger partial charge < -0.3 is 10.2 Å². The van der Waals surface area contributed by atoms with Crippen molar-refractivity contribution >= 4 is 11.8 Å². The maximum atomic E-state index is 13.2. The van der Waals surface area contributed by atoms with Gasteiger partial charge in [-0.15, -0.1) is 0 Å². The maximum Gasteiger partial charge on any atom is 0.255 e. The molecule has 1 aromatic carbocycles. The summed E-state index contributed by atoms with van der Waals surface area (Å²) in [6.07, 6.45) is 1.60. The van der Waals surface area contributed by atoms with Crippen LogP contribution >= 0.6 is 0 Å². The van der Waals surface area contributed by atoms with E-state index in [1.165, 1.54) is 0 Å². The number of benzene rings is 1. The molecule has 0 spiro atoms. The largest absolute Gasteiger partial charge is 0.352 e. The van der Waals surface area contributed by atoms with Crippen LogP contribution in [-0.2, 0) is 0 Å². The molecule has 1 aromatic heterocycles. The SMILES string of the molecule is CCNC(=O)c1ccnc(-c2ccccc2C(=O)N(C(C)C)C(C)C)c1. The highest BCUT2D eigenvalue weighted by Gasteiger charge is 2.24. The van der Waals surface area contributed by atoms with E-state index in [4.69, 9.17) is 0 Å². The molecule has 1 N–H and O–H groups in total. The minimum absolute atomic E-state index is 0.0317. The Hall–Kier alpha value is -2.69. The van der Waals surface area contributed by atoms with E-state index >= 15 is 0 Å². The summed E-state index contributed by atoms with van der Waals surface area (Å²) in [6, 6.07) is 11.0. The highest BCUT2D eigenvalue weighted by molar-refractivity contribution is 6.01. The fourth-order valence-corrected chi connectivity index (χ4v) is 3.08. The first kappa shape index (κ1) is 19.6. The van der Waals surface area contributed by atoms with Gasteiger partial charge in [0.2, 0.25) is 0 Å². The molecule has 5 nitrogen and oxygen atoms in total. The molecule has 5 heteroatoms. The van der Waals surface area contributed by atoms with Gasteiger partial charge in [-0.2, -0.15) is 0 Å². The molecule has 26 heavy (non-hydrogen) atoms. The number of carbonyl (C=O) groups excluding carboxylic acids is 2. The number of pyridine rings is 1. The van der Waals surface area contributed by atoms with Gasteiger partial charge in [0.1, 0.15) is 0 Å². The van der Waals surface area contributed by atoms with E-state index in [1.54, 1.807) is 18.3 Å². The van der Waals surface area contributed by atoms with E-state index in [2.05, 4.69) is 10.3 Å². The van der Waals surface area contributed by atoms with Crippen molar-refractivity contribution in [2.24, 2.45) is 0 Å². The molecule has 2 amide bonds. The summed E-state index contributed by atoms with van der Waals surface area (Å²) in [7, 11) is 0. The van der Waals surface area contributed by atoms with Gasteiger partial charge in [0, 0.05) is 41.5 Å². The summed E-state index contributed by atoms with van der Waals surface area (Å²) in [5, 5.41) is 2.78. The molecule has 0 atom stereocenters. The molecule has 0 unspecified atom stereocenters. The Morgan fingerprint density at radius 1 is 1.08 bits per heavy atom. The van der Waals surface area contributed by atoms with Crippen LogP contribution in [0.1, 0.15) is 55.3 Å². The van der Waals surface area contributed by atoms with Crippen LogP contribution in [0.15, 0.2) is 42.6 Å². The smallest absolute Gasteiger partial charge is 0.255 e. The Kier molecular flexibility index (Phi) is 6.50. The van der Waals surface area contributed by atoms with Gasteiger partial charge in [-0.3, -0.25) is 14.6 Å². The van der Waals surface area contributed by atoms with Gasteiger partial charge in [0.25, 0.3) is 11.8 Å². The Labute approximate surface area is 155 Å². The fourth-order valence-electron chi connectivity index (χ4n) is 3.08. The number of nitrogens with zero attached hydrogens (tertiary/aromatic N) is 2. The molecule has 0 aliphatic rings. The number of hydrogen-bond donors (Lipinski definition) is 1. The molecular weight excluding hydrogens is 326 g/mol. The van der Waals surface area contributed by atoms with Crippen LogP contribution in [0.5, 0.6) is 0 Å². The van der Waals surface area contributed by atoms with E-state index in [-0.39, 0.29) is 23.9 Å². The van der Waals surface area contributed by atoms with Crippen molar-refractivity contribution in [2.45, 2.75) is 46.7 Å². The topological polar surface area (TPSA) is 62.3 Å². The molecule has 1 heterocycles. The van der Waals surface area contributed by atoms with Crippen LogP contribution < -0.4 is 5.32 Å². The first-order valence-electron chi connectivity index (χ1n) is 9.03. The highest BCUT2D eigenvalue weighted by Crippen LogP contribution is 2.25. The minimum atomic E-state index is -0.147. The third kappa shape index (κ3) is 4.28. The summed E-state index contributed by atoms with van der Waals surface area (Å²) in [6.45, 7) is 10.5. The zero-order valence-electron chi connectivity index (χ0n) is 16.1. The average molecular weight is 353 g/mol. The van der Waals surface area contributed by atoms with Crippen LogP contribution in [0.25, 0.3) is 11.3 Å². The van der Waals surface area contributed by atoms with Crippen molar-refractivity contribution in [3.63, 3.8) is 0 Å². The molecule has 2 aromatic rings. The number of aromatic nitrogens is 1. The predicted octanol–water partition coefficient (Wildman–Crippen LogP) is 3.76. The van der Waals surface area contributed by atoms with E-state index in [9.17, 15) is 9.59 Å². The van der Waals surface area contributed by atoms with Gasteiger partial charge in [0.05, 0.1) is 5.69 Å². The van der Waals surface area contributed by atoms with Crippen LogP contribution in [0, 0.1) is 0 Å². The van der Waals surface area contributed by atoms with E-state index in [0.717, 1.165) is 5.56 Å². The summed E-state index contributed by atoms with van der Waals surface area (Å²) in [5.41, 5.74) is 2.47. The van der Waals surface area contributed by atoms with Gasteiger partial charge in [-0.05, 0) is 52.8 Å². The lowest BCUT2D eigenvalue weighted by molar-refractivity contribution is 0.0644. The number of amides is 2. The number of rotatable bonds is 6. The number of carbonyl (C=O) groups is 2. The summed E-state index contributed by atoms with van der Waals surface area (Å²) in [5.74, 6) is -0.179. The highest BCUT2D eigenvalue weighted by atomic mass is 16.2. The molecule has 0 fully saturated rings. The first-order valence-corrected chi connectivity index (χ1v) is 9.03. The summed E-state index contributed by atoms with van der Waals surface area (Å²) in [4.78, 5) is 31.5. The second-order valence-corrected chi connectivity index (χ2v) is 6.73. The predicted molar refractivity (Wildman–Crippen MR) is 104 cm³/mol. The molecule has 138 valence electrons. The van der Waals surface area contributed by atoms with E-state index in [0.29, 0.717) is 23.4 Å². The quantitative estimate of drug-likeness (QED) is 0.860. The molecule has 0 saturated carbocycles. The second-order valence-electron chi connectivity index (χ2n) is 6.73. The average Bonchev–Trinajstić information content (AvgIpc) is 2.61. The van der Waals surface area contributed by atoms with Gasteiger partial charge in [0.15, 0.2) is 0 Å². The van der Waals surface area contributed by atoms with Crippen molar-refractivity contribution < 1.29 is 9.59 Å². The molecule has 0 aliphatic heterocycles. The van der Waals surface area contributed by atoms with Crippen LogP contribution in [0.2, 0.25) is 0 Å². The standard InChI is InChI=1S/C21H27N3O2/c1-6-22-20(25)16-11-12-23-19(13-16)17-9-7-8-10-18(17)21(26)24(14(2)3)15(4)5/h7-15H,6H2,1-5H3,(H,22,25). The van der Waals surface area contributed by atoms with Crippen molar-refractivity contribution in [1.29, 1.82) is 0 Å². The summed E-state index contributed by atoms with van der Waals surface area (Å²) >= 11 is 0. The monoisotopic (exact) mass is 353 g/mol. The Balaban J connectivity index is 2.48. The van der Waals surface area contributed by atoms with Crippen LogP contribution in [-0.4, -0.2) is 40.3 Å². The molecule has 0 aliphatic carbocycles. The van der Waals surface area contributed by atoms with E-state index < -0.39 is 0 Å². The molecule has 0 saturated heterocycles. The molecule has 0 radical (unpaired) electrons.